The van der Waals surface area contributed by atoms with Crippen LogP contribution in [0.4, 0.5) is 0 Å². The molecule has 6 heteroatoms. The Morgan fingerprint density at radius 3 is 3.00 bits per heavy atom. The first-order chi connectivity index (χ1) is 5.79. The Hall–Kier alpha value is -1.85. The fraction of sp³-hybridized carbons (Fsp3) is 0.167. The van der Waals surface area contributed by atoms with Crippen LogP contribution in [0.25, 0.3) is 5.69 Å². The zero-order valence-corrected chi connectivity index (χ0v) is 6.31. The summed E-state index contributed by atoms with van der Waals surface area (Å²) in [7, 11) is 0. The topological polar surface area (TPSA) is 76.7 Å². The van der Waals surface area contributed by atoms with Crippen molar-refractivity contribution in [2.24, 2.45) is 0 Å². The molecule has 2 heterocycles. The lowest BCUT2D eigenvalue weighted by atomic mass is 10.4. The van der Waals surface area contributed by atoms with Gasteiger partial charge in [0.15, 0.2) is 0 Å². The first-order valence-corrected chi connectivity index (χ1v) is 3.34. The highest BCUT2D eigenvalue weighted by Gasteiger charge is 2.07. The molecule has 0 aliphatic heterocycles. The Morgan fingerprint density at radius 2 is 2.50 bits per heavy atom. The van der Waals surface area contributed by atoms with Crippen LogP contribution in [0.3, 0.4) is 0 Å². The quantitative estimate of drug-likeness (QED) is 0.639. The molecular weight excluding hydrogens is 160 g/mol. The van der Waals surface area contributed by atoms with E-state index < -0.39 is 0 Å². The van der Waals surface area contributed by atoms with Crippen molar-refractivity contribution in [2.45, 2.75) is 6.92 Å². The zero-order valence-electron chi connectivity index (χ0n) is 6.31. The van der Waals surface area contributed by atoms with Crippen LogP contribution in [0.5, 0.6) is 0 Å². The van der Waals surface area contributed by atoms with E-state index in [1.54, 1.807) is 13.0 Å². The minimum absolute atomic E-state index is 0.375. The molecule has 2 aromatic rings. The number of nitrogens with zero attached hydrogens (tertiary/aromatic N) is 3. The van der Waals surface area contributed by atoms with E-state index >= 15 is 0 Å². The van der Waals surface area contributed by atoms with Gasteiger partial charge in [-0.15, -0.1) is 0 Å². The number of H-pyrrole nitrogens is 1. The van der Waals surface area contributed by atoms with Gasteiger partial charge in [-0.05, 0) is 17.4 Å². The monoisotopic (exact) mass is 166 g/mol. The van der Waals surface area contributed by atoms with Crippen molar-refractivity contribution in [3.63, 3.8) is 0 Å². The van der Waals surface area contributed by atoms with E-state index in [1.165, 1.54) is 6.26 Å². The van der Waals surface area contributed by atoms with Gasteiger partial charge in [0.1, 0.15) is 11.4 Å². The zero-order chi connectivity index (χ0) is 8.55. The van der Waals surface area contributed by atoms with Crippen molar-refractivity contribution in [1.29, 1.82) is 0 Å². The molecule has 0 aliphatic carbocycles. The molecule has 62 valence electrons. The summed E-state index contributed by atoms with van der Waals surface area (Å²) in [6.07, 6.45) is 1.49. The van der Waals surface area contributed by atoms with Crippen molar-refractivity contribution < 1.29 is 4.42 Å². The summed E-state index contributed by atoms with van der Waals surface area (Å²) in [5.41, 5.74) is 0.230. The molecule has 6 nitrogen and oxygen atoms in total. The summed E-state index contributed by atoms with van der Waals surface area (Å²) in [4.78, 5) is 11.0. The number of tetrazole rings is 1. The average Bonchev–Trinajstić information content (AvgIpc) is 2.59. The van der Waals surface area contributed by atoms with Crippen molar-refractivity contribution >= 4 is 0 Å². The predicted molar refractivity (Wildman–Crippen MR) is 39.0 cm³/mol. The number of rotatable bonds is 1. The molecule has 0 bridgehead atoms. The van der Waals surface area contributed by atoms with Gasteiger partial charge in [-0.1, -0.05) is 0 Å². The minimum Gasteiger partial charge on any atom is -0.467 e. The summed E-state index contributed by atoms with van der Waals surface area (Å²) in [5.74, 6) is 0.631. The Bertz CT molecular complexity index is 438. The smallest absolute Gasteiger partial charge is 0.365 e. The Kier molecular flexibility index (Phi) is 1.33. The van der Waals surface area contributed by atoms with Crippen LogP contribution >= 0.6 is 0 Å². The summed E-state index contributed by atoms with van der Waals surface area (Å²) in [6.45, 7) is 1.75. The standard InChI is InChI=1S/C6H6N4O2/c1-4-5(2-3-12-4)10-6(11)7-8-9-10/h2-3H,1H3,(H,7,9,11). The molecule has 0 saturated carbocycles. The highest BCUT2D eigenvalue weighted by Crippen LogP contribution is 2.10. The summed E-state index contributed by atoms with van der Waals surface area (Å²) in [5, 5.41) is 9.10. The maximum Gasteiger partial charge on any atom is 0.365 e. The van der Waals surface area contributed by atoms with E-state index in [2.05, 4.69) is 15.5 Å². The first kappa shape index (κ1) is 6.84. The molecular formula is C6H6N4O2. The third-order valence-electron chi connectivity index (χ3n) is 1.53. The van der Waals surface area contributed by atoms with E-state index in [4.69, 9.17) is 4.42 Å². The van der Waals surface area contributed by atoms with Crippen LogP contribution in [-0.2, 0) is 0 Å². The summed E-state index contributed by atoms with van der Waals surface area (Å²) >= 11 is 0. The average molecular weight is 166 g/mol. The van der Waals surface area contributed by atoms with Gasteiger partial charge in [0.05, 0.1) is 6.26 Å². The Morgan fingerprint density at radius 1 is 1.67 bits per heavy atom. The van der Waals surface area contributed by atoms with Gasteiger partial charge < -0.3 is 4.42 Å². The van der Waals surface area contributed by atoms with Crippen molar-refractivity contribution in [1.82, 2.24) is 20.2 Å². The second kappa shape index (κ2) is 2.33. The molecule has 0 unspecified atom stereocenters. The molecule has 0 spiro atoms. The van der Waals surface area contributed by atoms with Crippen LogP contribution < -0.4 is 5.69 Å². The van der Waals surface area contributed by atoms with E-state index in [-0.39, 0.29) is 5.69 Å². The van der Waals surface area contributed by atoms with Crippen LogP contribution in [0.2, 0.25) is 0 Å². The fourth-order valence-electron chi connectivity index (χ4n) is 0.953. The molecule has 0 saturated heterocycles. The lowest BCUT2D eigenvalue weighted by Gasteiger charge is -1.91. The van der Waals surface area contributed by atoms with Crippen molar-refractivity contribution in [3.8, 4) is 5.69 Å². The second-order valence-electron chi connectivity index (χ2n) is 2.28. The number of aromatic nitrogens is 4. The predicted octanol–water partition coefficient (Wildman–Crippen LogP) is -0.143. The highest BCUT2D eigenvalue weighted by atomic mass is 16.3. The van der Waals surface area contributed by atoms with Gasteiger partial charge in [0, 0.05) is 6.07 Å². The molecule has 12 heavy (non-hydrogen) atoms. The van der Waals surface area contributed by atoms with Crippen molar-refractivity contribution in [2.75, 3.05) is 0 Å². The lowest BCUT2D eigenvalue weighted by molar-refractivity contribution is 0.529. The molecule has 0 amide bonds. The molecule has 0 aromatic carbocycles. The van der Waals surface area contributed by atoms with Gasteiger partial charge in [0.2, 0.25) is 0 Å². The first-order valence-electron chi connectivity index (χ1n) is 3.34. The van der Waals surface area contributed by atoms with Crippen LogP contribution in [0.1, 0.15) is 5.76 Å². The van der Waals surface area contributed by atoms with Gasteiger partial charge in [-0.25, -0.2) is 9.89 Å². The Balaban J connectivity index is 2.65. The number of nitrogens with one attached hydrogen (secondary N) is 1. The fourth-order valence-corrected chi connectivity index (χ4v) is 0.953. The summed E-state index contributed by atoms with van der Waals surface area (Å²) in [6, 6.07) is 1.65. The highest BCUT2D eigenvalue weighted by molar-refractivity contribution is 5.31. The molecule has 1 N–H and O–H groups in total. The molecule has 0 fully saturated rings. The number of aryl methyl sites for hydroxylation is 1. The maximum atomic E-state index is 11.0. The largest absolute Gasteiger partial charge is 0.467 e. The molecule has 2 rings (SSSR count). The van der Waals surface area contributed by atoms with Crippen LogP contribution in [0.15, 0.2) is 21.5 Å². The molecule has 0 atom stereocenters. The number of furan rings is 1. The van der Waals surface area contributed by atoms with Gasteiger partial charge >= 0.3 is 5.69 Å². The summed E-state index contributed by atoms with van der Waals surface area (Å²) < 4.78 is 6.14. The third kappa shape index (κ3) is 0.849. The van der Waals surface area contributed by atoms with E-state index in [9.17, 15) is 4.79 Å². The molecule has 0 radical (unpaired) electrons. The SMILES string of the molecule is Cc1occc1-n1nn[nH]c1=O. The third-order valence-corrected chi connectivity index (χ3v) is 1.53. The van der Waals surface area contributed by atoms with Crippen molar-refractivity contribution in [3.05, 3.63) is 28.6 Å². The van der Waals surface area contributed by atoms with E-state index in [0.717, 1.165) is 4.68 Å². The van der Waals surface area contributed by atoms with Gasteiger partial charge in [-0.2, -0.15) is 4.68 Å². The minimum atomic E-state index is -0.375. The van der Waals surface area contributed by atoms with Gasteiger partial charge in [0.25, 0.3) is 0 Å². The Labute approximate surface area is 66.8 Å². The normalized spacial score (nSPS) is 10.4. The van der Waals surface area contributed by atoms with E-state index in [1.807, 2.05) is 0 Å². The lowest BCUT2D eigenvalue weighted by Crippen LogP contribution is -2.15. The maximum absolute atomic E-state index is 11.0. The van der Waals surface area contributed by atoms with Gasteiger partial charge in [-0.3, -0.25) is 0 Å². The van der Waals surface area contributed by atoms with E-state index in [0.29, 0.717) is 11.4 Å². The number of hydrogen-bond donors (Lipinski definition) is 1. The van der Waals surface area contributed by atoms with Crippen LogP contribution in [0, 0.1) is 6.92 Å². The van der Waals surface area contributed by atoms with Crippen LogP contribution in [-0.4, -0.2) is 20.2 Å². The molecule has 2 aromatic heterocycles. The number of aromatic amines is 1. The molecule has 0 aliphatic rings. The second-order valence-corrected chi connectivity index (χ2v) is 2.28. The number of hydrogen-bond acceptors (Lipinski definition) is 4.